The minimum Gasteiger partial charge on any atom is -0.481 e. The molecular formula is C26H27NO5. The van der Waals surface area contributed by atoms with Gasteiger partial charge in [0.2, 0.25) is 5.91 Å². The maximum atomic E-state index is 12.0. The van der Waals surface area contributed by atoms with Crippen LogP contribution in [0, 0.1) is 5.92 Å². The summed E-state index contributed by atoms with van der Waals surface area (Å²) < 4.78 is 0. The van der Waals surface area contributed by atoms with Crippen LogP contribution in [0.15, 0.2) is 72.8 Å². The molecule has 6 nitrogen and oxygen atoms in total. The summed E-state index contributed by atoms with van der Waals surface area (Å²) in [6.07, 6.45) is 1.18. The van der Waals surface area contributed by atoms with Crippen molar-refractivity contribution in [2.45, 2.75) is 26.7 Å². The smallest absolute Gasteiger partial charge is 0.306 e. The highest BCUT2D eigenvalue weighted by molar-refractivity contribution is 6.00. The summed E-state index contributed by atoms with van der Waals surface area (Å²) >= 11 is 0. The molecule has 0 aromatic heterocycles. The summed E-state index contributed by atoms with van der Waals surface area (Å²) in [5.41, 5.74) is 10.9. The number of primary amides is 1. The van der Waals surface area contributed by atoms with Crippen molar-refractivity contribution < 1.29 is 24.6 Å². The molecule has 1 amide bonds. The number of aliphatic carboxylic acids is 2. The van der Waals surface area contributed by atoms with Crippen molar-refractivity contribution in [3.8, 4) is 11.1 Å². The van der Waals surface area contributed by atoms with Crippen LogP contribution in [0.4, 0.5) is 0 Å². The fourth-order valence-electron chi connectivity index (χ4n) is 3.29. The second kappa shape index (κ2) is 11.5. The van der Waals surface area contributed by atoms with Crippen LogP contribution >= 0.6 is 0 Å². The number of benzene rings is 3. The molecule has 0 saturated heterocycles. The van der Waals surface area contributed by atoms with Crippen LogP contribution in [0.3, 0.4) is 0 Å². The lowest BCUT2D eigenvalue weighted by atomic mass is 9.92. The molecule has 0 aliphatic rings. The third-order valence-electron chi connectivity index (χ3n) is 4.80. The molecule has 3 rings (SSSR count). The van der Waals surface area contributed by atoms with E-state index in [1.165, 1.54) is 5.56 Å². The van der Waals surface area contributed by atoms with Crippen molar-refractivity contribution in [1.29, 1.82) is 0 Å². The zero-order valence-corrected chi connectivity index (χ0v) is 18.1. The molecule has 166 valence electrons. The van der Waals surface area contributed by atoms with E-state index in [2.05, 4.69) is 12.1 Å². The third-order valence-corrected chi connectivity index (χ3v) is 4.80. The zero-order chi connectivity index (χ0) is 23.7. The van der Waals surface area contributed by atoms with Gasteiger partial charge >= 0.3 is 5.97 Å². The van der Waals surface area contributed by atoms with Gasteiger partial charge in [0, 0.05) is 12.5 Å². The predicted octanol–water partition coefficient (Wildman–Crippen LogP) is 4.40. The Labute approximate surface area is 187 Å². The van der Waals surface area contributed by atoms with Gasteiger partial charge in [-0.25, -0.2) is 0 Å². The average molecular weight is 434 g/mol. The first-order chi connectivity index (χ1) is 15.2. The van der Waals surface area contributed by atoms with Gasteiger partial charge in [0.15, 0.2) is 0 Å². The molecule has 0 aliphatic heterocycles. The van der Waals surface area contributed by atoms with Crippen LogP contribution in [-0.2, 0) is 22.4 Å². The Kier molecular flexibility index (Phi) is 8.72. The van der Waals surface area contributed by atoms with E-state index in [4.69, 9.17) is 20.7 Å². The van der Waals surface area contributed by atoms with Crippen LogP contribution < -0.4 is 5.73 Å². The van der Waals surface area contributed by atoms with Crippen molar-refractivity contribution >= 4 is 17.8 Å². The molecule has 32 heavy (non-hydrogen) atoms. The first-order valence-corrected chi connectivity index (χ1v) is 10.2. The highest BCUT2D eigenvalue weighted by atomic mass is 16.4. The molecule has 3 aromatic carbocycles. The molecule has 6 heteroatoms. The van der Waals surface area contributed by atoms with Crippen molar-refractivity contribution in [1.82, 2.24) is 0 Å². The molecule has 1 unspecified atom stereocenters. The topological polar surface area (TPSA) is 118 Å². The standard InChI is InChI=1S/C24H23NO3.C2H4O2/c1-16(24(27)28)12-18-8-5-9-20(14-18)22-15-19(10-11-21(22)23(25)26)13-17-6-3-2-4-7-17;1-2(3)4/h2-11,14-16H,12-13H2,1H3,(H2,25,26)(H,27,28);1H3,(H,3,4). The lowest BCUT2D eigenvalue weighted by molar-refractivity contribution is -0.141. The summed E-state index contributed by atoms with van der Waals surface area (Å²) in [6.45, 7) is 2.77. The molecule has 0 bridgehead atoms. The maximum Gasteiger partial charge on any atom is 0.306 e. The summed E-state index contributed by atoms with van der Waals surface area (Å²) in [4.78, 5) is 32.1. The van der Waals surface area contributed by atoms with E-state index in [-0.39, 0.29) is 0 Å². The minimum absolute atomic E-state index is 0.429. The fourth-order valence-corrected chi connectivity index (χ4v) is 3.29. The number of carbonyl (C=O) groups is 3. The fraction of sp³-hybridized carbons (Fsp3) is 0.192. The summed E-state index contributed by atoms with van der Waals surface area (Å²) in [7, 11) is 0. The minimum atomic E-state index is -0.833. The highest BCUT2D eigenvalue weighted by Crippen LogP contribution is 2.27. The summed E-state index contributed by atoms with van der Waals surface area (Å²) in [5, 5.41) is 16.6. The summed E-state index contributed by atoms with van der Waals surface area (Å²) in [5.74, 6) is -2.62. The number of carboxylic acids is 2. The van der Waals surface area contributed by atoms with E-state index in [1.54, 1.807) is 13.0 Å². The zero-order valence-electron chi connectivity index (χ0n) is 18.1. The SMILES string of the molecule is CC(=O)O.CC(Cc1cccc(-c2cc(Cc3ccccc3)ccc2C(N)=O)c1)C(=O)O. The summed E-state index contributed by atoms with van der Waals surface area (Å²) in [6, 6.07) is 23.4. The van der Waals surface area contributed by atoms with Gasteiger partial charge in [-0.1, -0.05) is 73.7 Å². The number of hydrogen-bond acceptors (Lipinski definition) is 3. The number of carbonyl (C=O) groups excluding carboxylic acids is 1. The first-order valence-electron chi connectivity index (χ1n) is 10.2. The lowest BCUT2D eigenvalue weighted by Crippen LogP contribution is -2.13. The van der Waals surface area contributed by atoms with E-state index >= 15 is 0 Å². The Morgan fingerprint density at radius 3 is 2.06 bits per heavy atom. The van der Waals surface area contributed by atoms with E-state index in [9.17, 15) is 9.59 Å². The largest absolute Gasteiger partial charge is 0.481 e. The maximum absolute atomic E-state index is 12.0. The molecular weight excluding hydrogens is 406 g/mol. The third kappa shape index (κ3) is 7.40. The van der Waals surface area contributed by atoms with Crippen LogP contribution in [0.25, 0.3) is 11.1 Å². The first kappa shape index (κ1) is 24.3. The Hall–Kier alpha value is -3.93. The van der Waals surface area contributed by atoms with Gasteiger partial charge in [-0.2, -0.15) is 0 Å². The molecule has 0 radical (unpaired) electrons. The van der Waals surface area contributed by atoms with Gasteiger partial charge in [0.25, 0.3) is 5.97 Å². The lowest BCUT2D eigenvalue weighted by Gasteiger charge is -2.13. The second-order valence-corrected chi connectivity index (χ2v) is 7.57. The molecule has 0 fully saturated rings. The Balaban J connectivity index is 0.000000837. The van der Waals surface area contributed by atoms with Crippen LogP contribution in [0.2, 0.25) is 0 Å². The van der Waals surface area contributed by atoms with Crippen LogP contribution in [0.5, 0.6) is 0 Å². The van der Waals surface area contributed by atoms with Crippen molar-refractivity contribution in [3.63, 3.8) is 0 Å². The Morgan fingerprint density at radius 2 is 1.47 bits per heavy atom. The van der Waals surface area contributed by atoms with E-state index < -0.39 is 23.8 Å². The molecule has 0 saturated carbocycles. The number of nitrogens with two attached hydrogens (primary N) is 1. The monoisotopic (exact) mass is 433 g/mol. The van der Waals surface area contributed by atoms with Crippen LogP contribution in [0.1, 0.15) is 40.9 Å². The number of rotatable bonds is 7. The quantitative estimate of drug-likeness (QED) is 0.510. The number of amides is 1. The molecule has 0 spiro atoms. The van der Waals surface area contributed by atoms with Gasteiger partial charge < -0.3 is 15.9 Å². The Morgan fingerprint density at radius 1 is 0.844 bits per heavy atom. The number of carboxylic acid groups (broad SMARTS) is 2. The molecule has 0 aliphatic carbocycles. The Bertz CT molecular complexity index is 1090. The highest BCUT2D eigenvalue weighted by Gasteiger charge is 2.15. The number of hydrogen-bond donors (Lipinski definition) is 3. The van der Waals surface area contributed by atoms with E-state index in [0.29, 0.717) is 12.0 Å². The van der Waals surface area contributed by atoms with Gasteiger partial charge in [-0.3, -0.25) is 14.4 Å². The van der Waals surface area contributed by atoms with Gasteiger partial charge in [0.1, 0.15) is 0 Å². The normalized spacial score (nSPS) is 11.1. The van der Waals surface area contributed by atoms with Crippen LogP contribution in [-0.4, -0.2) is 28.1 Å². The predicted molar refractivity (Wildman–Crippen MR) is 123 cm³/mol. The van der Waals surface area contributed by atoms with Gasteiger partial charge in [-0.15, -0.1) is 0 Å². The van der Waals surface area contributed by atoms with Crippen molar-refractivity contribution in [2.24, 2.45) is 11.7 Å². The molecule has 1 atom stereocenters. The van der Waals surface area contributed by atoms with E-state index in [0.717, 1.165) is 35.6 Å². The molecule has 0 heterocycles. The van der Waals surface area contributed by atoms with Gasteiger partial charge in [-0.05, 0) is 46.7 Å². The van der Waals surface area contributed by atoms with Gasteiger partial charge in [0.05, 0.1) is 5.92 Å². The molecule has 4 N–H and O–H groups in total. The second-order valence-electron chi connectivity index (χ2n) is 7.57. The molecule has 3 aromatic rings. The van der Waals surface area contributed by atoms with Crippen molar-refractivity contribution in [3.05, 3.63) is 95.1 Å². The van der Waals surface area contributed by atoms with E-state index in [1.807, 2.05) is 54.6 Å². The average Bonchev–Trinajstić information content (AvgIpc) is 2.74. The van der Waals surface area contributed by atoms with Crippen molar-refractivity contribution in [2.75, 3.05) is 0 Å².